The van der Waals surface area contributed by atoms with Crippen molar-refractivity contribution in [1.82, 2.24) is 9.97 Å². The zero-order chi connectivity index (χ0) is 14.6. The number of aromatic nitrogens is 2. The third kappa shape index (κ3) is 5.00. The molecule has 1 aromatic heterocycles. The Hall–Kier alpha value is -0.710. The molecular formula is C11H12ClIN3O3S+. The molecule has 0 fully saturated rings. The highest BCUT2D eigenvalue weighted by atomic mass is 127. The van der Waals surface area contributed by atoms with Gasteiger partial charge in [-0.3, -0.25) is 9.54 Å². The fraction of sp³-hybridized carbons (Fsp3) is 0.273. The van der Waals surface area contributed by atoms with Gasteiger partial charge in [0.1, 0.15) is 5.15 Å². The zero-order valence-electron chi connectivity index (χ0n) is 10.3. The highest BCUT2D eigenvalue weighted by Crippen LogP contribution is 2.23. The molecule has 20 heavy (non-hydrogen) atoms. The smallest absolute Gasteiger partial charge is 0.265 e. The number of hydrogen-bond acceptors (Lipinski definition) is 4. The molecule has 0 aromatic carbocycles. The topological polar surface area (TPSA) is 83.2 Å². The molecule has 0 amide bonds. The van der Waals surface area contributed by atoms with Crippen molar-refractivity contribution in [3.05, 3.63) is 39.6 Å². The van der Waals surface area contributed by atoms with E-state index in [0.717, 1.165) is 11.3 Å². The standard InChI is InChI=1S/C11H11ClIN3O3S/c12-11-8-14-10(7-15-11)9-2-4-16(13-6-9)3-1-5-20(17,18)19/h2,4,6-8H,1,3,5H2/p+1. The fourth-order valence-corrected chi connectivity index (χ4v) is 4.21. The molecule has 0 saturated carbocycles. The summed E-state index contributed by atoms with van der Waals surface area (Å²) in [6.45, 7) is 0.611. The van der Waals surface area contributed by atoms with Crippen LogP contribution >= 0.6 is 32.6 Å². The van der Waals surface area contributed by atoms with Crippen LogP contribution in [0.3, 0.4) is 0 Å². The predicted molar refractivity (Wildman–Crippen MR) is 84.3 cm³/mol. The van der Waals surface area contributed by atoms with Crippen LogP contribution in [0.4, 0.5) is 0 Å². The van der Waals surface area contributed by atoms with E-state index < -0.39 is 10.1 Å². The molecule has 0 atom stereocenters. The van der Waals surface area contributed by atoms with Gasteiger partial charge in [-0.25, -0.2) is 4.98 Å². The van der Waals surface area contributed by atoms with Crippen LogP contribution in [0, 0.1) is 0 Å². The average molecular weight is 429 g/mol. The van der Waals surface area contributed by atoms with E-state index in [1.807, 2.05) is 12.3 Å². The minimum absolute atomic E-state index is 0.208. The third-order valence-corrected chi connectivity index (χ3v) is 5.87. The average Bonchev–Trinajstić information content (AvgIpc) is 2.39. The van der Waals surface area contributed by atoms with Gasteiger partial charge < -0.3 is 0 Å². The van der Waals surface area contributed by atoms with Crippen LogP contribution in [0.1, 0.15) is 12.1 Å². The van der Waals surface area contributed by atoms with Crippen molar-refractivity contribution in [1.29, 1.82) is 0 Å². The largest absolute Gasteiger partial charge is 0.286 e. The highest BCUT2D eigenvalue weighted by molar-refractivity contribution is 14.2. The second-order valence-electron chi connectivity index (χ2n) is 3.97. The first-order valence-corrected chi connectivity index (χ1v) is 9.85. The third-order valence-electron chi connectivity index (χ3n) is 2.40. The van der Waals surface area contributed by atoms with Crippen LogP contribution in [0.25, 0.3) is 5.57 Å². The van der Waals surface area contributed by atoms with Gasteiger partial charge in [-0.05, 0) is 0 Å². The SMILES string of the molecule is O=S(=O)(O)CCC[N+]1=IC=C(c2cnc(Cl)cn2)C=C1. The first kappa shape index (κ1) is 15.7. The Morgan fingerprint density at radius 3 is 2.70 bits per heavy atom. The summed E-state index contributed by atoms with van der Waals surface area (Å²) in [5.74, 6) is -0.208. The molecule has 1 aliphatic heterocycles. The molecule has 1 aromatic rings. The fourth-order valence-electron chi connectivity index (χ4n) is 1.47. The van der Waals surface area contributed by atoms with Crippen LogP contribution in [0.5, 0.6) is 0 Å². The lowest BCUT2D eigenvalue weighted by molar-refractivity contribution is -0.401. The van der Waals surface area contributed by atoms with E-state index in [1.165, 1.54) is 6.20 Å². The lowest BCUT2D eigenvalue weighted by Gasteiger charge is -2.03. The lowest BCUT2D eigenvalue weighted by Crippen LogP contribution is -2.10. The van der Waals surface area contributed by atoms with Gasteiger partial charge in [0.15, 0.2) is 12.7 Å². The molecule has 0 saturated heterocycles. The first-order valence-electron chi connectivity index (χ1n) is 5.66. The Morgan fingerprint density at radius 2 is 2.15 bits per heavy atom. The van der Waals surface area contributed by atoms with Crippen molar-refractivity contribution >= 4 is 48.3 Å². The maximum Gasteiger partial charge on any atom is 0.265 e. The van der Waals surface area contributed by atoms with Crippen molar-refractivity contribution in [2.75, 3.05) is 12.3 Å². The molecule has 0 bridgehead atoms. The van der Waals surface area contributed by atoms with Crippen molar-refractivity contribution in [2.24, 2.45) is 0 Å². The van der Waals surface area contributed by atoms with Crippen molar-refractivity contribution in [3.63, 3.8) is 0 Å². The van der Waals surface area contributed by atoms with Gasteiger partial charge >= 0.3 is 0 Å². The molecule has 1 N–H and O–H groups in total. The maximum atomic E-state index is 10.6. The molecule has 9 heteroatoms. The second-order valence-corrected chi connectivity index (χ2v) is 8.34. The number of halogens is 2. The minimum Gasteiger partial charge on any atom is -0.286 e. The highest BCUT2D eigenvalue weighted by Gasteiger charge is 2.12. The molecule has 0 aliphatic carbocycles. The van der Waals surface area contributed by atoms with Gasteiger partial charge in [0.05, 0.1) is 23.8 Å². The van der Waals surface area contributed by atoms with Gasteiger partial charge in [0.25, 0.3) is 10.1 Å². The molecule has 1 aliphatic rings. The molecule has 0 spiro atoms. The van der Waals surface area contributed by atoms with Crippen molar-refractivity contribution < 1.29 is 15.7 Å². The van der Waals surface area contributed by atoms with Crippen molar-refractivity contribution in [3.8, 4) is 0 Å². The summed E-state index contributed by atoms with van der Waals surface area (Å²) < 4.78 is 34.1. The summed E-state index contributed by atoms with van der Waals surface area (Å²) in [6.07, 6.45) is 7.36. The zero-order valence-corrected chi connectivity index (χ0v) is 14.0. The normalized spacial score (nSPS) is 15.3. The molecule has 6 nitrogen and oxygen atoms in total. The van der Waals surface area contributed by atoms with Crippen LogP contribution in [0.15, 0.2) is 28.8 Å². The summed E-state index contributed by atoms with van der Waals surface area (Å²) in [5.41, 5.74) is 1.76. The van der Waals surface area contributed by atoms with Gasteiger partial charge in [0.2, 0.25) is 21.0 Å². The maximum absolute atomic E-state index is 10.6. The van der Waals surface area contributed by atoms with E-state index in [2.05, 4.69) is 16.8 Å². The predicted octanol–water partition coefficient (Wildman–Crippen LogP) is 2.44. The summed E-state index contributed by atoms with van der Waals surface area (Å²) >= 11 is 5.32. The van der Waals surface area contributed by atoms with E-state index in [9.17, 15) is 8.42 Å². The van der Waals surface area contributed by atoms with E-state index in [1.54, 1.807) is 6.20 Å². The number of hydrogen-bond donors (Lipinski definition) is 1. The summed E-state index contributed by atoms with van der Waals surface area (Å²) in [7, 11) is -3.87. The van der Waals surface area contributed by atoms with Crippen LogP contribution < -0.4 is 0 Å². The van der Waals surface area contributed by atoms with Gasteiger partial charge in [0, 0.05) is 22.2 Å². The Bertz CT molecular complexity index is 683. The quantitative estimate of drug-likeness (QED) is 0.575. The monoisotopic (exact) mass is 428 g/mol. The number of rotatable bonds is 5. The Balaban J connectivity index is 1.98. The number of allylic oxidation sites excluding steroid dienone is 2. The van der Waals surface area contributed by atoms with E-state index in [-0.39, 0.29) is 26.8 Å². The number of nitrogens with zero attached hydrogens (tertiary/aromatic N) is 3. The summed E-state index contributed by atoms with van der Waals surface area (Å²) in [4.78, 5) is 8.18. The van der Waals surface area contributed by atoms with Crippen molar-refractivity contribution in [2.45, 2.75) is 6.42 Å². The van der Waals surface area contributed by atoms with Crippen LogP contribution in [0.2, 0.25) is 5.15 Å². The lowest BCUT2D eigenvalue weighted by atomic mass is 10.2. The van der Waals surface area contributed by atoms with Gasteiger partial charge in [-0.15, -0.1) is 0 Å². The minimum atomic E-state index is -3.87. The molecule has 2 rings (SSSR count). The Morgan fingerprint density at radius 1 is 1.35 bits per heavy atom. The van der Waals surface area contributed by atoms with E-state index >= 15 is 0 Å². The van der Waals surface area contributed by atoms with Gasteiger partial charge in [-0.1, -0.05) is 11.6 Å². The second kappa shape index (κ2) is 6.83. The van der Waals surface area contributed by atoms with Crippen LogP contribution in [-0.4, -0.2) is 38.0 Å². The molecule has 0 radical (unpaired) electrons. The first-order chi connectivity index (χ1) is 9.44. The van der Waals surface area contributed by atoms with E-state index in [0.29, 0.717) is 18.1 Å². The Kier molecular flexibility index (Phi) is 5.35. The summed E-state index contributed by atoms with van der Waals surface area (Å²) in [5, 5.41) is 0.357. The molecule has 0 unspecified atom stereocenters. The van der Waals surface area contributed by atoms with E-state index in [4.69, 9.17) is 16.2 Å². The van der Waals surface area contributed by atoms with Crippen LogP contribution in [-0.2, 0) is 10.1 Å². The Labute approximate surface area is 132 Å². The molecule has 2 heterocycles. The molecular weight excluding hydrogens is 417 g/mol. The summed E-state index contributed by atoms with van der Waals surface area (Å²) in [6, 6.07) is 0. The van der Waals surface area contributed by atoms with Gasteiger partial charge in [-0.2, -0.15) is 11.1 Å². The molecule has 108 valence electrons.